The molecule has 2 unspecified atom stereocenters. The smallest absolute Gasteiger partial charge is 0.154 e. The van der Waals surface area contributed by atoms with Crippen LogP contribution in [-0.4, -0.2) is 16.8 Å². The number of thiol groups is 1. The molecule has 1 aliphatic heterocycles. The van der Waals surface area contributed by atoms with E-state index in [0.29, 0.717) is 0 Å². The quantitative estimate of drug-likeness (QED) is 0.138. The van der Waals surface area contributed by atoms with Crippen LogP contribution < -0.4 is 28.0 Å². The SMILES string of the molecule is NNC1NNC(S)N1N. The molecule has 1 saturated heterocycles. The minimum Gasteiger partial charge on any atom is -0.269 e. The van der Waals surface area contributed by atoms with Gasteiger partial charge in [0.15, 0.2) is 6.29 Å². The number of nitrogens with two attached hydrogens (primary N) is 2. The van der Waals surface area contributed by atoms with Gasteiger partial charge in [-0.1, -0.05) is 0 Å². The highest BCUT2D eigenvalue weighted by molar-refractivity contribution is 7.80. The monoisotopic (exact) mass is 150 g/mol. The lowest BCUT2D eigenvalue weighted by Crippen LogP contribution is -2.54. The van der Waals surface area contributed by atoms with E-state index < -0.39 is 0 Å². The van der Waals surface area contributed by atoms with E-state index in [4.69, 9.17) is 11.7 Å². The van der Waals surface area contributed by atoms with Crippen molar-refractivity contribution in [2.75, 3.05) is 0 Å². The molecule has 7 N–H and O–H groups in total. The first-order valence-electron chi connectivity index (χ1n) is 2.44. The van der Waals surface area contributed by atoms with Crippen molar-refractivity contribution in [2.45, 2.75) is 11.8 Å². The first-order valence-corrected chi connectivity index (χ1v) is 2.95. The van der Waals surface area contributed by atoms with Gasteiger partial charge in [0.1, 0.15) is 5.50 Å². The van der Waals surface area contributed by atoms with E-state index in [0.717, 1.165) is 0 Å². The molecule has 0 spiro atoms. The van der Waals surface area contributed by atoms with E-state index in [2.05, 4.69) is 28.9 Å². The Morgan fingerprint density at radius 2 is 2.22 bits per heavy atom. The summed E-state index contributed by atoms with van der Waals surface area (Å²) in [5.74, 6) is 10.5. The summed E-state index contributed by atoms with van der Waals surface area (Å²) in [6.07, 6.45) is -0.257. The third-order valence-electron chi connectivity index (χ3n) is 1.09. The first kappa shape index (κ1) is 7.22. The summed E-state index contributed by atoms with van der Waals surface area (Å²) in [5.41, 5.74) is 7.71. The highest BCUT2D eigenvalue weighted by atomic mass is 32.1. The van der Waals surface area contributed by atoms with Crippen LogP contribution in [0.2, 0.25) is 0 Å². The van der Waals surface area contributed by atoms with Gasteiger partial charge in [-0.2, -0.15) is 5.01 Å². The zero-order valence-corrected chi connectivity index (χ0v) is 5.60. The Morgan fingerprint density at radius 3 is 2.44 bits per heavy atom. The highest BCUT2D eigenvalue weighted by Crippen LogP contribution is 2.00. The van der Waals surface area contributed by atoms with Crippen LogP contribution >= 0.6 is 12.6 Å². The maximum absolute atomic E-state index is 5.42. The number of hydrogen-bond acceptors (Lipinski definition) is 7. The van der Waals surface area contributed by atoms with E-state index in [9.17, 15) is 0 Å². The lowest BCUT2D eigenvalue weighted by molar-refractivity contribution is 0.199. The highest BCUT2D eigenvalue weighted by Gasteiger charge is 2.26. The van der Waals surface area contributed by atoms with E-state index in [1.165, 1.54) is 5.01 Å². The van der Waals surface area contributed by atoms with Gasteiger partial charge >= 0.3 is 0 Å². The lowest BCUT2D eigenvalue weighted by atomic mass is 10.8. The van der Waals surface area contributed by atoms with Crippen molar-refractivity contribution in [3.8, 4) is 0 Å². The van der Waals surface area contributed by atoms with Gasteiger partial charge in [0, 0.05) is 0 Å². The third-order valence-corrected chi connectivity index (χ3v) is 1.48. The summed E-state index contributed by atoms with van der Waals surface area (Å²) in [6, 6.07) is 0. The standard InChI is InChI=1S/C2H10N6S/c3-5-1-6-7-2(9)8(1)4/h1-2,5-7,9H,3-4H2. The molecule has 0 aromatic carbocycles. The summed E-state index contributed by atoms with van der Waals surface area (Å²) in [5, 5.41) is 1.41. The second-order valence-electron chi connectivity index (χ2n) is 1.68. The van der Waals surface area contributed by atoms with Crippen LogP contribution in [0.25, 0.3) is 0 Å². The molecule has 54 valence electrons. The number of rotatable bonds is 1. The van der Waals surface area contributed by atoms with Crippen molar-refractivity contribution in [3.63, 3.8) is 0 Å². The first-order chi connectivity index (χ1) is 4.25. The van der Waals surface area contributed by atoms with Crippen LogP contribution in [0.3, 0.4) is 0 Å². The molecule has 6 nitrogen and oxygen atoms in total. The summed E-state index contributed by atoms with van der Waals surface area (Å²) in [4.78, 5) is 0. The molecule has 0 amide bonds. The molecule has 7 heteroatoms. The Hall–Kier alpha value is 0.110. The van der Waals surface area contributed by atoms with Crippen molar-refractivity contribution < 1.29 is 0 Å². The van der Waals surface area contributed by atoms with Crippen LogP contribution in [0.15, 0.2) is 0 Å². The fraction of sp³-hybridized carbons (Fsp3) is 1.00. The Balaban J connectivity index is 2.41. The van der Waals surface area contributed by atoms with Crippen LogP contribution in [0.1, 0.15) is 0 Å². The number of hydrazine groups is 3. The molecule has 1 rings (SSSR count). The van der Waals surface area contributed by atoms with E-state index in [1.54, 1.807) is 0 Å². The Labute approximate surface area is 58.3 Å². The maximum Gasteiger partial charge on any atom is 0.154 e. The summed E-state index contributed by atoms with van der Waals surface area (Å²) < 4.78 is 0. The Kier molecular flexibility index (Phi) is 2.24. The average Bonchev–Trinajstić information content (AvgIpc) is 2.15. The van der Waals surface area contributed by atoms with Gasteiger partial charge in [0.05, 0.1) is 0 Å². The molecule has 1 aliphatic rings. The topological polar surface area (TPSA) is 91.4 Å². The minimum absolute atomic E-state index is 0.203. The van der Waals surface area contributed by atoms with Gasteiger partial charge in [-0.15, -0.1) is 12.6 Å². The zero-order chi connectivity index (χ0) is 6.85. The molecule has 0 aromatic rings. The molecular weight excluding hydrogens is 140 g/mol. The zero-order valence-electron chi connectivity index (χ0n) is 4.70. The van der Waals surface area contributed by atoms with Crippen LogP contribution in [0, 0.1) is 0 Å². The molecule has 0 radical (unpaired) electrons. The number of nitrogens with zero attached hydrogens (tertiary/aromatic N) is 1. The predicted octanol–water partition coefficient (Wildman–Crippen LogP) is -2.77. The molecular formula is C2H10N6S. The van der Waals surface area contributed by atoms with Gasteiger partial charge < -0.3 is 0 Å². The molecule has 2 atom stereocenters. The second-order valence-corrected chi connectivity index (χ2v) is 2.17. The molecule has 0 bridgehead atoms. The fourth-order valence-corrected chi connectivity index (χ4v) is 0.779. The van der Waals surface area contributed by atoms with E-state index in [-0.39, 0.29) is 11.8 Å². The van der Waals surface area contributed by atoms with Crippen molar-refractivity contribution in [1.82, 2.24) is 21.3 Å². The number of hydrogen-bond donors (Lipinski definition) is 6. The lowest BCUT2D eigenvalue weighted by Gasteiger charge is -2.17. The average molecular weight is 150 g/mol. The van der Waals surface area contributed by atoms with Crippen LogP contribution in [0.5, 0.6) is 0 Å². The summed E-state index contributed by atoms with van der Waals surface area (Å²) in [7, 11) is 0. The van der Waals surface area contributed by atoms with Gasteiger partial charge in [-0.3, -0.25) is 11.7 Å². The molecule has 1 heterocycles. The van der Waals surface area contributed by atoms with Gasteiger partial charge in [-0.25, -0.2) is 16.3 Å². The molecule has 0 aromatic heterocycles. The van der Waals surface area contributed by atoms with Gasteiger partial charge in [0.2, 0.25) is 0 Å². The summed E-state index contributed by atoms with van der Waals surface area (Å²) >= 11 is 4.03. The van der Waals surface area contributed by atoms with E-state index >= 15 is 0 Å². The van der Waals surface area contributed by atoms with Gasteiger partial charge in [-0.05, 0) is 0 Å². The minimum atomic E-state index is -0.257. The Morgan fingerprint density at radius 1 is 1.56 bits per heavy atom. The van der Waals surface area contributed by atoms with Gasteiger partial charge in [0.25, 0.3) is 0 Å². The van der Waals surface area contributed by atoms with Crippen molar-refractivity contribution in [2.24, 2.45) is 11.7 Å². The fourth-order valence-electron chi connectivity index (χ4n) is 0.571. The normalized spacial score (nSPS) is 37.7. The molecule has 0 aliphatic carbocycles. The Bertz CT molecular complexity index is 97.1. The third kappa shape index (κ3) is 1.33. The molecule has 1 fully saturated rings. The van der Waals surface area contributed by atoms with Crippen LogP contribution in [0.4, 0.5) is 0 Å². The second kappa shape index (κ2) is 2.80. The van der Waals surface area contributed by atoms with Crippen LogP contribution in [-0.2, 0) is 0 Å². The van der Waals surface area contributed by atoms with Crippen molar-refractivity contribution >= 4 is 12.6 Å². The maximum atomic E-state index is 5.42. The largest absolute Gasteiger partial charge is 0.269 e. The molecule has 9 heavy (non-hydrogen) atoms. The predicted molar refractivity (Wildman–Crippen MR) is 36.2 cm³/mol. The van der Waals surface area contributed by atoms with Crippen molar-refractivity contribution in [3.05, 3.63) is 0 Å². The molecule has 0 saturated carbocycles. The van der Waals surface area contributed by atoms with Crippen molar-refractivity contribution in [1.29, 1.82) is 0 Å². The van der Waals surface area contributed by atoms with E-state index in [1.807, 2.05) is 0 Å². The summed E-state index contributed by atoms with van der Waals surface area (Å²) in [6.45, 7) is 0. The number of nitrogens with one attached hydrogen (secondary N) is 3.